The zero-order chi connectivity index (χ0) is 15.6. The van der Waals surface area contributed by atoms with E-state index >= 15 is 0 Å². The van der Waals surface area contributed by atoms with E-state index in [4.69, 9.17) is 0 Å². The molecule has 0 aromatic carbocycles. The Labute approximate surface area is 134 Å². The van der Waals surface area contributed by atoms with E-state index in [1.807, 2.05) is 0 Å². The van der Waals surface area contributed by atoms with Gasteiger partial charge in [0.2, 0.25) is 0 Å². The lowest BCUT2D eigenvalue weighted by Gasteiger charge is -2.29. The van der Waals surface area contributed by atoms with Crippen molar-refractivity contribution in [3.63, 3.8) is 0 Å². The first-order valence-corrected chi connectivity index (χ1v) is 8.45. The first-order valence-electron chi connectivity index (χ1n) is 8.45. The first-order chi connectivity index (χ1) is 9.03. The standard InChI is InChI=1S/2C9H19N.CH4/c2*1-7-5-10-6-8(7)9(2,3)4;/h2*7-8,10H,5-6H2,1-4H3;1H4. The maximum absolute atomic E-state index is 3.43. The second kappa shape index (κ2) is 7.97. The van der Waals surface area contributed by atoms with Gasteiger partial charge < -0.3 is 10.6 Å². The van der Waals surface area contributed by atoms with Gasteiger partial charge in [-0.15, -0.1) is 0 Å². The van der Waals surface area contributed by atoms with Gasteiger partial charge in [-0.1, -0.05) is 62.8 Å². The summed E-state index contributed by atoms with van der Waals surface area (Å²) in [5.74, 6) is 3.46. The molecular weight excluding hydrogens is 256 g/mol. The second-order valence-electron chi connectivity index (χ2n) is 9.22. The SMILES string of the molecule is C.CC1CNCC1C(C)(C)C.CC1CNCC1C(C)(C)C. The summed E-state index contributed by atoms with van der Waals surface area (Å²) >= 11 is 0. The van der Waals surface area contributed by atoms with Gasteiger partial charge in [-0.25, -0.2) is 0 Å². The molecule has 2 saturated heterocycles. The average Bonchev–Trinajstić information content (AvgIpc) is 2.85. The normalized spacial score (nSPS) is 33.1. The fourth-order valence-electron chi connectivity index (χ4n) is 3.94. The van der Waals surface area contributed by atoms with Crippen molar-refractivity contribution in [2.24, 2.45) is 34.5 Å². The molecule has 2 nitrogen and oxygen atoms in total. The van der Waals surface area contributed by atoms with E-state index in [0.717, 1.165) is 23.7 Å². The molecule has 2 rings (SSSR count). The predicted octanol–water partition coefficient (Wildman–Crippen LogP) is 4.41. The highest BCUT2D eigenvalue weighted by Crippen LogP contribution is 2.34. The Balaban J connectivity index is 0.000000364. The molecule has 2 N–H and O–H groups in total. The highest BCUT2D eigenvalue weighted by atomic mass is 14.9. The van der Waals surface area contributed by atoms with Crippen LogP contribution in [0.3, 0.4) is 0 Å². The fraction of sp³-hybridized carbons (Fsp3) is 1.00. The van der Waals surface area contributed by atoms with E-state index in [2.05, 4.69) is 66.0 Å². The van der Waals surface area contributed by atoms with Crippen LogP contribution in [0.2, 0.25) is 0 Å². The van der Waals surface area contributed by atoms with Crippen LogP contribution in [0.1, 0.15) is 62.8 Å². The van der Waals surface area contributed by atoms with E-state index in [1.165, 1.54) is 26.2 Å². The van der Waals surface area contributed by atoms with Crippen LogP contribution in [0.4, 0.5) is 0 Å². The van der Waals surface area contributed by atoms with Crippen LogP contribution in [-0.4, -0.2) is 26.2 Å². The van der Waals surface area contributed by atoms with Crippen molar-refractivity contribution < 1.29 is 0 Å². The quantitative estimate of drug-likeness (QED) is 0.692. The molecule has 0 bridgehead atoms. The van der Waals surface area contributed by atoms with Gasteiger partial charge in [-0.05, 0) is 60.7 Å². The third-order valence-electron chi connectivity index (χ3n) is 5.26. The van der Waals surface area contributed by atoms with Gasteiger partial charge in [0.25, 0.3) is 0 Å². The minimum absolute atomic E-state index is 0. The number of hydrogen-bond acceptors (Lipinski definition) is 2. The average molecular weight is 299 g/mol. The molecule has 0 aliphatic carbocycles. The molecule has 0 radical (unpaired) electrons. The largest absolute Gasteiger partial charge is 0.316 e. The molecule has 0 aromatic rings. The highest BCUT2D eigenvalue weighted by Gasteiger charge is 2.33. The lowest BCUT2D eigenvalue weighted by molar-refractivity contribution is 0.213. The lowest BCUT2D eigenvalue weighted by atomic mass is 9.76. The van der Waals surface area contributed by atoms with Crippen LogP contribution in [0.25, 0.3) is 0 Å². The van der Waals surface area contributed by atoms with Crippen molar-refractivity contribution in [3.8, 4) is 0 Å². The zero-order valence-corrected chi connectivity index (χ0v) is 15.1. The van der Waals surface area contributed by atoms with E-state index < -0.39 is 0 Å². The maximum atomic E-state index is 3.43. The third-order valence-corrected chi connectivity index (χ3v) is 5.26. The Bertz CT molecular complexity index is 255. The summed E-state index contributed by atoms with van der Waals surface area (Å²) in [5.41, 5.74) is 0.978. The number of hydrogen-bond donors (Lipinski definition) is 2. The van der Waals surface area contributed by atoms with Gasteiger partial charge in [0.05, 0.1) is 0 Å². The third kappa shape index (κ3) is 6.28. The molecule has 128 valence electrons. The molecular formula is C19H42N2. The van der Waals surface area contributed by atoms with Crippen LogP contribution in [0.15, 0.2) is 0 Å². The molecule has 0 aromatic heterocycles. The lowest BCUT2D eigenvalue weighted by Crippen LogP contribution is -2.26. The van der Waals surface area contributed by atoms with Crippen molar-refractivity contribution in [2.75, 3.05) is 26.2 Å². The van der Waals surface area contributed by atoms with Crippen LogP contribution in [-0.2, 0) is 0 Å². The molecule has 2 aliphatic rings. The molecule has 0 saturated carbocycles. The smallest absolute Gasteiger partial charge is 0.00124 e. The Morgan fingerprint density at radius 2 is 0.905 bits per heavy atom. The predicted molar refractivity (Wildman–Crippen MR) is 96.7 cm³/mol. The van der Waals surface area contributed by atoms with E-state index in [9.17, 15) is 0 Å². The van der Waals surface area contributed by atoms with E-state index in [0.29, 0.717) is 10.8 Å². The van der Waals surface area contributed by atoms with Gasteiger partial charge in [0, 0.05) is 0 Å². The number of nitrogens with one attached hydrogen (secondary N) is 2. The van der Waals surface area contributed by atoms with Crippen LogP contribution >= 0.6 is 0 Å². The molecule has 0 amide bonds. The molecule has 4 unspecified atom stereocenters. The van der Waals surface area contributed by atoms with Crippen molar-refractivity contribution in [1.82, 2.24) is 10.6 Å². The van der Waals surface area contributed by atoms with E-state index in [-0.39, 0.29) is 7.43 Å². The molecule has 2 aliphatic heterocycles. The van der Waals surface area contributed by atoms with Crippen LogP contribution < -0.4 is 10.6 Å². The Morgan fingerprint density at radius 1 is 0.619 bits per heavy atom. The minimum atomic E-state index is 0. The Kier molecular flexibility index (Phi) is 7.94. The highest BCUT2D eigenvalue weighted by molar-refractivity contribution is 4.86. The van der Waals surface area contributed by atoms with Crippen molar-refractivity contribution in [1.29, 1.82) is 0 Å². The van der Waals surface area contributed by atoms with Crippen molar-refractivity contribution >= 4 is 0 Å². The van der Waals surface area contributed by atoms with Gasteiger partial charge in [-0.2, -0.15) is 0 Å². The van der Waals surface area contributed by atoms with Gasteiger partial charge in [0.1, 0.15) is 0 Å². The van der Waals surface area contributed by atoms with Gasteiger partial charge in [0.15, 0.2) is 0 Å². The fourth-order valence-corrected chi connectivity index (χ4v) is 3.94. The summed E-state index contributed by atoms with van der Waals surface area (Å²) in [6, 6.07) is 0. The van der Waals surface area contributed by atoms with Gasteiger partial charge in [-0.3, -0.25) is 0 Å². The molecule has 4 atom stereocenters. The van der Waals surface area contributed by atoms with Crippen molar-refractivity contribution in [2.45, 2.75) is 62.8 Å². The molecule has 0 spiro atoms. The molecule has 2 heterocycles. The molecule has 21 heavy (non-hydrogen) atoms. The van der Waals surface area contributed by atoms with Crippen molar-refractivity contribution in [3.05, 3.63) is 0 Å². The summed E-state index contributed by atoms with van der Waals surface area (Å²) < 4.78 is 0. The Morgan fingerprint density at radius 3 is 1.00 bits per heavy atom. The summed E-state index contributed by atoms with van der Waals surface area (Å²) in [7, 11) is 0. The number of rotatable bonds is 0. The van der Waals surface area contributed by atoms with E-state index in [1.54, 1.807) is 0 Å². The van der Waals surface area contributed by atoms with Crippen LogP contribution in [0.5, 0.6) is 0 Å². The summed E-state index contributed by atoms with van der Waals surface area (Å²) in [6.45, 7) is 23.5. The zero-order valence-electron chi connectivity index (χ0n) is 15.1. The van der Waals surface area contributed by atoms with Crippen LogP contribution in [0, 0.1) is 34.5 Å². The summed E-state index contributed by atoms with van der Waals surface area (Å²) in [6.07, 6.45) is 0. The monoisotopic (exact) mass is 298 g/mol. The molecule has 2 fully saturated rings. The van der Waals surface area contributed by atoms with Gasteiger partial charge >= 0.3 is 0 Å². The summed E-state index contributed by atoms with van der Waals surface area (Å²) in [5, 5.41) is 6.86. The minimum Gasteiger partial charge on any atom is -0.316 e. The maximum Gasteiger partial charge on any atom is -0.00124 e. The summed E-state index contributed by atoms with van der Waals surface area (Å²) in [4.78, 5) is 0. The Hall–Kier alpha value is -0.0800. The molecule has 2 heteroatoms. The first kappa shape index (κ1) is 20.9. The topological polar surface area (TPSA) is 24.1 Å². The second-order valence-corrected chi connectivity index (χ2v) is 9.22.